The molecule has 0 aliphatic heterocycles. The number of carbonyl (C=O) groups excluding carboxylic acids is 1. The van der Waals surface area contributed by atoms with Gasteiger partial charge in [-0.1, -0.05) is 54.6 Å². The maximum absolute atomic E-state index is 11.8. The van der Waals surface area contributed by atoms with Crippen LogP contribution in [0.1, 0.15) is 15.9 Å². The smallest absolute Gasteiger partial charge is 0.338 e. The second-order valence-electron chi connectivity index (χ2n) is 4.96. The summed E-state index contributed by atoms with van der Waals surface area (Å²) in [6, 6.07) is 21.3. The van der Waals surface area contributed by atoms with Gasteiger partial charge in [0.05, 0.1) is 12.7 Å². The first kappa shape index (κ1) is 14.1. The number of rotatable bonds is 4. The van der Waals surface area contributed by atoms with E-state index >= 15 is 0 Å². The Hall–Kier alpha value is -2.81. The highest BCUT2D eigenvalue weighted by Gasteiger charge is 2.11. The van der Waals surface area contributed by atoms with Gasteiger partial charge in [-0.15, -0.1) is 0 Å². The average molecular weight is 292 g/mol. The van der Waals surface area contributed by atoms with Crippen molar-refractivity contribution in [2.45, 2.75) is 6.61 Å². The average Bonchev–Trinajstić information content (AvgIpc) is 2.59. The molecule has 3 rings (SSSR count). The lowest BCUT2D eigenvalue weighted by Gasteiger charge is -2.11. The lowest BCUT2D eigenvalue weighted by atomic mass is 10.1. The van der Waals surface area contributed by atoms with Gasteiger partial charge >= 0.3 is 5.97 Å². The van der Waals surface area contributed by atoms with Gasteiger partial charge < -0.3 is 9.47 Å². The van der Waals surface area contributed by atoms with Gasteiger partial charge in [0.1, 0.15) is 12.4 Å². The van der Waals surface area contributed by atoms with Crippen molar-refractivity contribution in [3.63, 3.8) is 0 Å². The molecule has 3 heteroatoms. The molecule has 0 unspecified atom stereocenters. The van der Waals surface area contributed by atoms with Gasteiger partial charge in [-0.25, -0.2) is 4.79 Å². The van der Waals surface area contributed by atoms with Crippen molar-refractivity contribution >= 4 is 16.7 Å². The fourth-order valence-electron chi connectivity index (χ4n) is 2.37. The van der Waals surface area contributed by atoms with Crippen LogP contribution >= 0.6 is 0 Å². The van der Waals surface area contributed by atoms with E-state index in [1.54, 1.807) is 6.07 Å². The minimum atomic E-state index is -0.365. The van der Waals surface area contributed by atoms with Gasteiger partial charge in [-0.2, -0.15) is 0 Å². The molecule has 0 bridgehead atoms. The molecule has 0 amide bonds. The summed E-state index contributed by atoms with van der Waals surface area (Å²) in [5.74, 6) is 0.317. The van der Waals surface area contributed by atoms with Crippen molar-refractivity contribution in [2.24, 2.45) is 0 Å². The zero-order valence-electron chi connectivity index (χ0n) is 12.3. The summed E-state index contributed by atoms with van der Waals surface area (Å²) in [6.07, 6.45) is 0. The second kappa shape index (κ2) is 6.31. The highest BCUT2D eigenvalue weighted by atomic mass is 16.5. The highest BCUT2D eigenvalue weighted by Crippen LogP contribution is 2.28. The number of carbonyl (C=O) groups is 1. The first-order chi connectivity index (χ1) is 10.8. The van der Waals surface area contributed by atoms with Gasteiger partial charge in [0, 0.05) is 5.39 Å². The van der Waals surface area contributed by atoms with Crippen molar-refractivity contribution in [3.05, 3.63) is 77.9 Å². The Balaban J connectivity index is 1.97. The van der Waals surface area contributed by atoms with Gasteiger partial charge in [-0.05, 0) is 23.1 Å². The van der Waals surface area contributed by atoms with Crippen LogP contribution in [0.15, 0.2) is 66.7 Å². The molecule has 0 aromatic heterocycles. The summed E-state index contributed by atoms with van der Waals surface area (Å²) in [5.41, 5.74) is 1.57. The van der Waals surface area contributed by atoms with Crippen molar-refractivity contribution < 1.29 is 14.3 Å². The first-order valence-corrected chi connectivity index (χ1v) is 7.06. The molecule has 22 heavy (non-hydrogen) atoms. The third-order valence-electron chi connectivity index (χ3n) is 3.48. The monoisotopic (exact) mass is 292 g/mol. The summed E-state index contributed by atoms with van der Waals surface area (Å²) in [7, 11) is 1.38. The van der Waals surface area contributed by atoms with Crippen molar-refractivity contribution in [1.29, 1.82) is 0 Å². The number of esters is 1. The maximum atomic E-state index is 11.8. The largest absolute Gasteiger partial charge is 0.488 e. The van der Waals surface area contributed by atoms with E-state index in [1.807, 2.05) is 60.7 Å². The van der Waals surface area contributed by atoms with Crippen LogP contribution in [0.3, 0.4) is 0 Å². The van der Waals surface area contributed by atoms with E-state index in [0.29, 0.717) is 17.9 Å². The topological polar surface area (TPSA) is 35.5 Å². The fraction of sp³-hybridized carbons (Fsp3) is 0.105. The summed E-state index contributed by atoms with van der Waals surface area (Å²) >= 11 is 0. The van der Waals surface area contributed by atoms with E-state index in [1.165, 1.54) is 7.11 Å². The third kappa shape index (κ3) is 2.93. The molecule has 0 aliphatic carbocycles. The van der Waals surface area contributed by atoms with Crippen LogP contribution in [-0.2, 0) is 11.3 Å². The Labute approximate surface area is 129 Å². The molecule has 0 N–H and O–H groups in total. The third-order valence-corrected chi connectivity index (χ3v) is 3.48. The Morgan fingerprint density at radius 1 is 0.955 bits per heavy atom. The standard InChI is InChI=1S/C19H16O3/c1-21-19(20)16-11-15-9-5-6-10-17(15)18(12-16)22-13-14-7-3-2-4-8-14/h2-12H,13H2,1H3. The molecule has 0 saturated heterocycles. The van der Waals surface area contributed by atoms with E-state index in [9.17, 15) is 4.79 Å². The van der Waals surface area contributed by atoms with Crippen LogP contribution in [-0.4, -0.2) is 13.1 Å². The number of benzene rings is 3. The van der Waals surface area contributed by atoms with E-state index in [-0.39, 0.29) is 5.97 Å². The number of hydrogen-bond donors (Lipinski definition) is 0. The molecular formula is C19H16O3. The minimum Gasteiger partial charge on any atom is -0.488 e. The van der Waals surface area contributed by atoms with Crippen molar-refractivity contribution in [2.75, 3.05) is 7.11 Å². The molecule has 0 fully saturated rings. The molecule has 0 heterocycles. The van der Waals surface area contributed by atoms with E-state index < -0.39 is 0 Å². The Kier molecular flexibility index (Phi) is 4.05. The number of methoxy groups -OCH3 is 1. The van der Waals surface area contributed by atoms with Crippen LogP contribution in [0.5, 0.6) is 5.75 Å². The second-order valence-corrected chi connectivity index (χ2v) is 4.96. The number of fused-ring (bicyclic) bond motifs is 1. The quantitative estimate of drug-likeness (QED) is 0.676. The number of ether oxygens (including phenoxy) is 2. The molecule has 3 aromatic rings. The molecule has 110 valence electrons. The maximum Gasteiger partial charge on any atom is 0.338 e. The van der Waals surface area contributed by atoms with Crippen LogP contribution < -0.4 is 4.74 Å². The molecule has 3 aromatic carbocycles. The fourth-order valence-corrected chi connectivity index (χ4v) is 2.37. The Morgan fingerprint density at radius 3 is 2.45 bits per heavy atom. The minimum absolute atomic E-state index is 0.365. The number of hydrogen-bond acceptors (Lipinski definition) is 3. The van der Waals surface area contributed by atoms with E-state index in [2.05, 4.69) is 0 Å². The summed E-state index contributed by atoms with van der Waals surface area (Å²) in [4.78, 5) is 11.8. The summed E-state index contributed by atoms with van der Waals surface area (Å²) in [5, 5.41) is 1.93. The van der Waals surface area contributed by atoms with Crippen LogP contribution in [0.2, 0.25) is 0 Å². The molecule has 0 aliphatic rings. The van der Waals surface area contributed by atoms with Crippen molar-refractivity contribution in [3.8, 4) is 5.75 Å². The lowest BCUT2D eigenvalue weighted by molar-refractivity contribution is 0.0600. The highest BCUT2D eigenvalue weighted by molar-refractivity contribution is 5.98. The molecule has 0 radical (unpaired) electrons. The first-order valence-electron chi connectivity index (χ1n) is 7.06. The summed E-state index contributed by atoms with van der Waals surface area (Å²) < 4.78 is 10.7. The predicted molar refractivity (Wildman–Crippen MR) is 86.1 cm³/mol. The van der Waals surface area contributed by atoms with Crippen molar-refractivity contribution in [1.82, 2.24) is 0 Å². The SMILES string of the molecule is COC(=O)c1cc(OCc2ccccc2)c2ccccc2c1. The normalized spacial score (nSPS) is 10.4. The van der Waals surface area contributed by atoms with Gasteiger partial charge in [-0.3, -0.25) is 0 Å². The molecular weight excluding hydrogens is 276 g/mol. The van der Waals surface area contributed by atoms with Crippen LogP contribution in [0, 0.1) is 0 Å². The molecule has 3 nitrogen and oxygen atoms in total. The van der Waals surface area contributed by atoms with Gasteiger partial charge in [0.25, 0.3) is 0 Å². The predicted octanol–water partition coefficient (Wildman–Crippen LogP) is 4.21. The van der Waals surface area contributed by atoms with Crippen LogP contribution in [0.4, 0.5) is 0 Å². The van der Waals surface area contributed by atoms with E-state index in [0.717, 1.165) is 16.3 Å². The molecule has 0 saturated carbocycles. The zero-order valence-corrected chi connectivity index (χ0v) is 12.3. The Morgan fingerprint density at radius 2 is 1.68 bits per heavy atom. The molecule has 0 spiro atoms. The Bertz CT molecular complexity index is 794. The summed E-state index contributed by atoms with van der Waals surface area (Å²) in [6.45, 7) is 0.454. The van der Waals surface area contributed by atoms with E-state index in [4.69, 9.17) is 9.47 Å². The zero-order chi connectivity index (χ0) is 15.4. The lowest BCUT2D eigenvalue weighted by Crippen LogP contribution is -2.03. The van der Waals surface area contributed by atoms with Gasteiger partial charge in [0.15, 0.2) is 0 Å². The molecule has 0 atom stereocenters. The van der Waals surface area contributed by atoms with Crippen LogP contribution in [0.25, 0.3) is 10.8 Å². The van der Waals surface area contributed by atoms with Gasteiger partial charge in [0.2, 0.25) is 0 Å².